The molecule has 0 aromatic carbocycles. The van der Waals surface area contributed by atoms with E-state index in [9.17, 15) is 0 Å². The van der Waals surface area contributed by atoms with Gasteiger partial charge in [0.15, 0.2) is 5.65 Å². The van der Waals surface area contributed by atoms with Gasteiger partial charge in [-0.05, 0) is 30.5 Å². The van der Waals surface area contributed by atoms with Gasteiger partial charge in [-0.2, -0.15) is 11.3 Å². The molecule has 0 aliphatic carbocycles. The standard InChI is InChI=1S/C12H10ClN3S/c1-8(13)11-15-10-3-2-5-14-12(10)16(11)9-4-6-17-7-9/h2-8H,1H3. The van der Waals surface area contributed by atoms with Crippen molar-refractivity contribution in [1.29, 1.82) is 0 Å². The van der Waals surface area contributed by atoms with Crippen LogP contribution in [0, 0.1) is 0 Å². The molecule has 0 saturated heterocycles. The first-order valence-corrected chi connectivity index (χ1v) is 6.65. The Morgan fingerprint density at radius 2 is 2.29 bits per heavy atom. The van der Waals surface area contributed by atoms with Crippen LogP contribution in [0.2, 0.25) is 0 Å². The van der Waals surface area contributed by atoms with Crippen LogP contribution in [0.3, 0.4) is 0 Å². The van der Waals surface area contributed by atoms with Crippen LogP contribution in [-0.4, -0.2) is 14.5 Å². The van der Waals surface area contributed by atoms with E-state index in [-0.39, 0.29) is 5.38 Å². The van der Waals surface area contributed by atoms with E-state index in [1.807, 2.05) is 35.1 Å². The molecule has 0 radical (unpaired) electrons. The van der Waals surface area contributed by atoms with Crippen LogP contribution in [0.5, 0.6) is 0 Å². The predicted molar refractivity (Wildman–Crippen MR) is 71.0 cm³/mol. The molecule has 3 aromatic rings. The highest BCUT2D eigenvalue weighted by atomic mass is 35.5. The molecule has 86 valence electrons. The number of imidazole rings is 1. The van der Waals surface area contributed by atoms with Crippen LogP contribution in [0.1, 0.15) is 18.1 Å². The molecule has 0 spiro atoms. The third kappa shape index (κ3) is 1.73. The van der Waals surface area contributed by atoms with Crippen molar-refractivity contribution < 1.29 is 0 Å². The van der Waals surface area contributed by atoms with Crippen LogP contribution in [-0.2, 0) is 0 Å². The molecule has 3 rings (SSSR count). The van der Waals surface area contributed by atoms with Gasteiger partial charge in [-0.1, -0.05) is 0 Å². The van der Waals surface area contributed by atoms with E-state index in [1.165, 1.54) is 0 Å². The number of halogens is 1. The fourth-order valence-electron chi connectivity index (χ4n) is 1.84. The SMILES string of the molecule is CC(Cl)c1nc2cccnc2n1-c1ccsc1. The second-order valence-corrected chi connectivity index (χ2v) is 5.18. The lowest BCUT2D eigenvalue weighted by Gasteiger charge is -2.07. The first kappa shape index (κ1) is 10.7. The van der Waals surface area contributed by atoms with Gasteiger partial charge in [-0.15, -0.1) is 11.6 Å². The smallest absolute Gasteiger partial charge is 0.164 e. The van der Waals surface area contributed by atoms with E-state index in [1.54, 1.807) is 17.5 Å². The maximum Gasteiger partial charge on any atom is 0.164 e. The monoisotopic (exact) mass is 263 g/mol. The van der Waals surface area contributed by atoms with Crippen molar-refractivity contribution >= 4 is 34.1 Å². The van der Waals surface area contributed by atoms with Crippen molar-refractivity contribution in [1.82, 2.24) is 14.5 Å². The molecule has 17 heavy (non-hydrogen) atoms. The molecule has 0 fully saturated rings. The number of hydrogen-bond acceptors (Lipinski definition) is 3. The summed E-state index contributed by atoms with van der Waals surface area (Å²) in [6, 6.07) is 5.88. The molecule has 3 aromatic heterocycles. The van der Waals surface area contributed by atoms with Gasteiger partial charge in [-0.3, -0.25) is 4.57 Å². The summed E-state index contributed by atoms with van der Waals surface area (Å²) >= 11 is 7.84. The van der Waals surface area contributed by atoms with Crippen LogP contribution in [0.15, 0.2) is 35.2 Å². The van der Waals surface area contributed by atoms with Gasteiger partial charge < -0.3 is 0 Å². The van der Waals surface area contributed by atoms with Gasteiger partial charge in [0.1, 0.15) is 11.3 Å². The number of alkyl halides is 1. The van der Waals surface area contributed by atoms with E-state index in [4.69, 9.17) is 11.6 Å². The average Bonchev–Trinajstić information content (AvgIpc) is 2.94. The maximum absolute atomic E-state index is 6.19. The second kappa shape index (κ2) is 4.13. The number of aromatic nitrogens is 3. The van der Waals surface area contributed by atoms with Crippen LogP contribution < -0.4 is 0 Å². The quantitative estimate of drug-likeness (QED) is 0.659. The van der Waals surface area contributed by atoms with Crippen molar-refractivity contribution in [3.63, 3.8) is 0 Å². The lowest BCUT2D eigenvalue weighted by Crippen LogP contribution is -2.01. The van der Waals surface area contributed by atoms with Gasteiger partial charge >= 0.3 is 0 Å². The Labute approximate surface area is 108 Å². The summed E-state index contributed by atoms with van der Waals surface area (Å²) < 4.78 is 2.02. The van der Waals surface area contributed by atoms with Gasteiger partial charge in [0, 0.05) is 11.6 Å². The topological polar surface area (TPSA) is 30.7 Å². The van der Waals surface area contributed by atoms with Crippen LogP contribution >= 0.6 is 22.9 Å². The number of nitrogens with zero attached hydrogens (tertiary/aromatic N) is 3. The van der Waals surface area contributed by atoms with E-state index < -0.39 is 0 Å². The second-order valence-electron chi connectivity index (χ2n) is 3.75. The Balaban J connectivity index is 2.36. The predicted octanol–water partition coefficient (Wildman–Crippen LogP) is 3.78. The Hall–Kier alpha value is -1.39. The number of thiophene rings is 1. The van der Waals surface area contributed by atoms with E-state index in [0.29, 0.717) is 0 Å². The summed E-state index contributed by atoms with van der Waals surface area (Å²) in [6.07, 6.45) is 1.77. The van der Waals surface area contributed by atoms with Crippen LogP contribution in [0.4, 0.5) is 0 Å². The molecule has 0 bridgehead atoms. The Bertz CT molecular complexity index is 643. The zero-order valence-electron chi connectivity index (χ0n) is 9.17. The van der Waals surface area contributed by atoms with Crippen molar-refractivity contribution in [2.75, 3.05) is 0 Å². The minimum Gasteiger partial charge on any atom is -0.279 e. The third-order valence-electron chi connectivity index (χ3n) is 2.56. The highest BCUT2D eigenvalue weighted by Gasteiger charge is 2.16. The van der Waals surface area contributed by atoms with Crippen LogP contribution in [0.25, 0.3) is 16.9 Å². The molecule has 0 saturated carbocycles. The zero-order chi connectivity index (χ0) is 11.8. The molecule has 3 heterocycles. The highest BCUT2D eigenvalue weighted by molar-refractivity contribution is 7.08. The first-order chi connectivity index (χ1) is 8.27. The summed E-state index contributed by atoms with van der Waals surface area (Å²) in [4.78, 5) is 8.93. The zero-order valence-corrected chi connectivity index (χ0v) is 10.7. The lowest BCUT2D eigenvalue weighted by molar-refractivity contribution is 0.879. The number of hydrogen-bond donors (Lipinski definition) is 0. The molecule has 0 aliphatic rings. The van der Waals surface area contributed by atoms with Crippen molar-refractivity contribution in [2.24, 2.45) is 0 Å². The third-order valence-corrected chi connectivity index (χ3v) is 3.43. The molecule has 3 nitrogen and oxygen atoms in total. The van der Waals surface area contributed by atoms with Gasteiger partial charge in [0.05, 0.1) is 11.1 Å². The molecule has 0 aliphatic heterocycles. The van der Waals surface area contributed by atoms with Gasteiger partial charge in [0.2, 0.25) is 0 Å². The summed E-state index contributed by atoms with van der Waals surface area (Å²) in [5.41, 5.74) is 2.80. The average molecular weight is 264 g/mol. The van der Waals surface area contributed by atoms with Crippen molar-refractivity contribution in [3.05, 3.63) is 41.0 Å². The summed E-state index contributed by atoms with van der Waals surface area (Å²) in [5, 5.41) is 3.95. The summed E-state index contributed by atoms with van der Waals surface area (Å²) in [5.74, 6) is 0.832. The summed E-state index contributed by atoms with van der Waals surface area (Å²) in [7, 11) is 0. The fraction of sp³-hybridized carbons (Fsp3) is 0.167. The first-order valence-electron chi connectivity index (χ1n) is 5.27. The minimum absolute atomic E-state index is 0.149. The van der Waals surface area contributed by atoms with E-state index in [0.717, 1.165) is 22.7 Å². The molecule has 0 N–H and O–H groups in total. The molecular weight excluding hydrogens is 254 g/mol. The van der Waals surface area contributed by atoms with E-state index in [2.05, 4.69) is 15.3 Å². The Morgan fingerprint density at radius 3 is 3.00 bits per heavy atom. The Morgan fingerprint density at radius 1 is 1.41 bits per heavy atom. The number of pyridine rings is 1. The largest absolute Gasteiger partial charge is 0.279 e. The minimum atomic E-state index is -0.149. The molecule has 1 unspecified atom stereocenters. The molecular formula is C12H10ClN3S. The molecule has 5 heteroatoms. The van der Waals surface area contributed by atoms with Gasteiger partial charge in [-0.25, -0.2) is 9.97 Å². The summed E-state index contributed by atoms with van der Waals surface area (Å²) in [6.45, 7) is 1.92. The Kier molecular flexibility index (Phi) is 2.61. The number of rotatable bonds is 2. The fourth-order valence-corrected chi connectivity index (χ4v) is 2.60. The van der Waals surface area contributed by atoms with Gasteiger partial charge in [0.25, 0.3) is 0 Å². The maximum atomic E-state index is 6.19. The lowest BCUT2D eigenvalue weighted by atomic mass is 10.4. The molecule has 1 atom stereocenters. The number of fused-ring (bicyclic) bond motifs is 1. The van der Waals surface area contributed by atoms with E-state index >= 15 is 0 Å². The van der Waals surface area contributed by atoms with Crippen molar-refractivity contribution in [3.8, 4) is 5.69 Å². The highest BCUT2D eigenvalue weighted by Crippen LogP contribution is 2.27. The van der Waals surface area contributed by atoms with Crippen molar-refractivity contribution in [2.45, 2.75) is 12.3 Å². The molecule has 0 amide bonds. The normalized spacial score (nSPS) is 13.1.